The molecule has 0 spiro atoms. The first-order valence-corrected chi connectivity index (χ1v) is 17.0. The molecule has 2 atom stereocenters. The molecule has 0 bridgehead atoms. The van der Waals surface area contributed by atoms with E-state index in [1.165, 1.54) is 17.0 Å². The number of hydrogen-bond donors (Lipinski definition) is 0. The number of benzene rings is 3. The van der Waals surface area contributed by atoms with E-state index in [2.05, 4.69) is 16.2 Å². The molecule has 250 valence electrons. The average Bonchev–Trinajstić information content (AvgIpc) is 3.44. The molecule has 50 heavy (non-hydrogen) atoms. The van der Waals surface area contributed by atoms with Gasteiger partial charge in [-0.05, 0) is 41.3 Å². The number of rotatable bonds is 11. The maximum absolute atomic E-state index is 14.4. The van der Waals surface area contributed by atoms with Crippen LogP contribution in [-0.2, 0) is 45.4 Å². The van der Waals surface area contributed by atoms with Crippen molar-refractivity contribution in [3.8, 4) is 5.75 Å². The van der Waals surface area contributed by atoms with E-state index >= 15 is 0 Å². The van der Waals surface area contributed by atoms with Crippen LogP contribution in [0.15, 0.2) is 91.6 Å². The van der Waals surface area contributed by atoms with E-state index in [1.807, 2.05) is 55.6 Å². The van der Waals surface area contributed by atoms with Crippen LogP contribution in [0.3, 0.4) is 0 Å². The van der Waals surface area contributed by atoms with Gasteiger partial charge in [-0.2, -0.15) is 5.10 Å². The Bertz CT molecular complexity index is 1890. The first-order chi connectivity index (χ1) is 23.0. The summed E-state index contributed by atoms with van der Waals surface area (Å²) in [6.07, 6.45) is 3.37. The predicted molar refractivity (Wildman–Crippen MR) is 172 cm³/mol. The molecule has 13 nitrogen and oxygen atoms in total. The number of hydrazine groups is 1. The van der Waals surface area contributed by atoms with Crippen molar-refractivity contribution in [1.29, 1.82) is 0 Å². The van der Waals surface area contributed by atoms with Crippen molar-refractivity contribution in [2.75, 3.05) is 19.6 Å². The van der Waals surface area contributed by atoms with E-state index < -0.39 is 20.0 Å². The first kappa shape index (κ1) is 40.0. The fourth-order valence-electron chi connectivity index (χ4n) is 6.53. The quantitative estimate of drug-likeness (QED) is 0.0854. The van der Waals surface area contributed by atoms with Gasteiger partial charge < -0.3 is 28.7 Å². The molecule has 1 aromatic heterocycles. The summed E-state index contributed by atoms with van der Waals surface area (Å²) in [4.78, 5) is 67.7. The fourth-order valence-corrected chi connectivity index (χ4v) is 6.91. The molecule has 2 aliphatic rings. The molecule has 0 N–H and O–H groups in total. The zero-order chi connectivity index (χ0) is 34.0. The fraction of sp³-hybridized carbons (Fsp3) is 0.294. The zero-order valence-corrected chi connectivity index (χ0v) is 33.3. The van der Waals surface area contributed by atoms with Gasteiger partial charge in [-0.15, -0.1) is 6.58 Å². The molecule has 0 saturated carbocycles. The standard InChI is InChI=1S/C34H37N6O7P.2Na/c1-3-18-38-23-33(42)39-30(19-25-12-15-27(16-13-25)47-48(44,45)46)34(43)37(21-26-10-7-11-29-28(26)20-35-36(29)2)22-31(39)40(38)32(41)17-14-24-8-5-4-6-9-24;;/h3-13,15-16,20,30-31H,1,14,17-19,21-23H2,2H3,(H2,44,45,46);;/q;2*+1/p-2/t30-,31-;;/m0../s1. The van der Waals surface area contributed by atoms with Crippen LogP contribution in [0, 0.1) is 0 Å². The van der Waals surface area contributed by atoms with Crippen molar-refractivity contribution in [1.82, 2.24) is 29.6 Å². The normalized spacial score (nSPS) is 17.9. The molecular weight excluding hydrogens is 681 g/mol. The number of phosphoric ester groups is 1. The summed E-state index contributed by atoms with van der Waals surface area (Å²) in [5.74, 6) is -0.944. The summed E-state index contributed by atoms with van der Waals surface area (Å²) in [5.41, 5.74) is 3.38. The van der Waals surface area contributed by atoms with Gasteiger partial charge in [0, 0.05) is 38.4 Å². The molecule has 16 heteroatoms. The van der Waals surface area contributed by atoms with Crippen molar-refractivity contribution in [2.45, 2.75) is 38.0 Å². The largest absolute Gasteiger partial charge is 1.00 e. The minimum absolute atomic E-state index is 0. The van der Waals surface area contributed by atoms with Gasteiger partial charge in [-0.25, -0.2) is 10.0 Å². The van der Waals surface area contributed by atoms with Gasteiger partial charge in [0.1, 0.15) is 25.8 Å². The Morgan fingerprint density at radius 1 is 1.02 bits per heavy atom. The molecule has 2 fully saturated rings. The van der Waals surface area contributed by atoms with Gasteiger partial charge in [-0.3, -0.25) is 19.1 Å². The topological polar surface area (TPSA) is 154 Å². The van der Waals surface area contributed by atoms with E-state index in [9.17, 15) is 28.7 Å². The molecular formula is C34H35N6Na2O7P. The number of hydrogen-bond acceptors (Lipinski definition) is 9. The Kier molecular flexibility index (Phi) is 13.7. The van der Waals surface area contributed by atoms with E-state index in [4.69, 9.17) is 0 Å². The first-order valence-electron chi connectivity index (χ1n) is 15.5. The molecule has 0 radical (unpaired) electrons. The number of fused-ring (bicyclic) bond motifs is 2. The van der Waals surface area contributed by atoms with Crippen LogP contribution in [0.5, 0.6) is 5.75 Å². The van der Waals surface area contributed by atoms with Gasteiger partial charge in [0.05, 0.1) is 24.8 Å². The van der Waals surface area contributed by atoms with Gasteiger partial charge in [0.2, 0.25) is 17.7 Å². The van der Waals surface area contributed by atoms with Crippen molar-refractivity contribution in [3.05, 3.63) is 108 Å². The van der Waals surface area contributed by atoms with E-state index in [-0.39, 0.29) is 122 Å². The minimum Gasteiger partial charge on any atom is -0.780 e. The van der Waals surface area contributed by atoms with Crippen LogP contribution in [0.2, 0.25) is 0 Å². The third-order valence-corrected chi connectivity index (χ3v) is 9.14. The van der Waals surface area contributed by atoms with Crippen molar-refractivity contribution < 1.29 is 92.4 Å². The van der Waals surface area contributed by atoms with Crippen molar-refractivity contribution in [2.24, 2.45) is 7.05 Å². The SMILES string of the molecule is C=CCN1CC(=O)N2[C@@H](Cc3ccc(OP(=O)([O-])[O-])cc3)C(=O)N(Cc3cccc4c3cnn4C)C[C@@H]2N1C(=O)CCc1ccccc1.[Na+].[Na+]. The number of carbonyl (C=O) groups is 3. The second-order valence-electron chi connectivity index (χ2n) is 11.9. The Morgan fingerprint density at radius 3 is 2.42 bits per heavy atom. The van der Waals surface area contributed by atoms with Crippen molar-refractivity contribution in [3.63, 3.8) is 0 Å². The summed E-state index contributed by atoms with van der Waals surface area (Å²) in [5, 5.41) is 8.57. The van der Waals surface area contributed by atoms with Crippen LogP contribution >= 0.6 is 7.82 Å². The number of nitrogens with zero attached hydrogens (tertiary/aromatic N) is 6. The predicted octanol–water partition coefficient (Wildman–Crippen LogP) is -4.22. The van der Waals surface area contributed by atoms with Crippen molar-refractivity contribution >= 4 is 36.4 Å². The number of amides is 3. The second-order valence-corrected chi connectivity index (χ2v) is 13.0. The van der Waals surface area contributed by atoms with Crippen LogP contribution in [0.4, 0.5) is 0 Å². The summed E-state index contributed by atoms with van der Waals surface area (Å²) >= 11 is 0. The number of aryl methyl sites for hydroxylation is 2. The summed E-state index contributed by atoms with van der Waals surface area (Å²) in [7, 11) is -3.41. The Balaban J connectivity index is 0.00000281. The molecule has 3 aromatic carbocycles. The molecule has 2 saturated heterocycles. The summed E-state index contributed by atoms with van der Waals surface area (Å²) < 4.78 is 17.3. The third-order valence-electron chi connectivity index (χ3n) is 8.71. The van der Waals surface area contributed by atoms with E-state index in [0.717, 1.165) is 22.0 Å². The van der Waals surface area contributed by atoms with Gasteiger partial charge in [0.15, 0.2) is 0 Å². The van der Waals surface area contributed by atoms with Gasteiger partial charge in [-0.1, -0.05) is 60.7 Å². The Morgan fingerprint density at radius 2 is 1.74 bits per heavy atom. The van der Waals surface area contributed by atoms with E-state index in [0.29, 0.717) is 12.0 Å². The average molecular weight is 717 g/mol. The molecule has 3 amide bonds. The maximum Gasteiger partial charge on any atom is 1.00 e. The number of carbonyl (C=O) groups excluding carboxylic acids is 3. The molecule has 6 rings (SSSR count). The smallest absolute Gasteiger partial charge is 0.780 e. The number of aromatic nitrogens is 2. The number of piperazine rings is 1. The second kappa shape index (κ2) is 17.1. The monoisotopic (exact) mass is 716 g/mol. The van der Waals surface area contributed by atoms with Crippen LogP contribution in [-0.4, -0.2) is 79.2 Å². The summed E-state index contributed by atoms with van der Waals surface area (Å²) in [6.45, 7) is 4.28. The van der Waals surface area contributed by atoms with Crippen LogP contribution in [0.25, 0.3) is 10.9 Å². The van der Waals surface area contributed by atoms with Crippen LogP contribution < -0.4 is 73.4 Å². The molecule has 0 unspecified atom stereocenters. The molecule has 4 aromatic rings. The van der Waals surface area contributed by atoms with Crippen LogP contribution in [0.1, 0.15) is 23.1 Å². The molecule has 3 heterocycles. The summed E-state index contributed by atoms with van der Waals surface area (Å²) in [6, 6.07) is 20.2. The Labute approximate surface area is 334 Å². The van der Waals surface area contributed by atoms with Gasteiger partial charge >= 0.3 is 59.1 Å². The van der Waals surface area contributed by atoms with E-state index in [1.54, 1.807) is 44.0 Å². The van der Waals surface area contributed by atoms with Gasteiger partial charge in [0.25, 0.3) is 0 Å². The minimum atomic E-state index is -5.26. The maximum atomic E-state index is 14.4. The Hall–Kier alpha value is -2.81. The third kappa shape index (κ3) is 8.97. The zero-order valence-electron chi connectivity index (χ0n) is 28.4. The molecule has 0 aliphatic carbocycles. The number of phosphoric acid groups is 1. The molecule has 2 aliphatic heterocycles.